The monoisotopic (exact) mass is 632 g/mol. The highest BCUT2D eigenvalue weighted by Gasteiger charge is 2.15. The zero-order chi connectivity index (χ0) is 24.7. The number of carboxylic acid groups (broad SMARTS) is 1. The average molecular weight is 633 g/mol. The van der Waals surface area contributed by atoms with Gasteiger partial charge < -0.3 is 19.9 Å². The first-order chi connectivity index (χ1) is 16.3. The minimum absolute atomic E-state index is 0.0648. The fraction of sp³-hybridized carbons (Fsp3) is 0.0800. The number of hydrogen-bond acceptors (Lipinski definition) is 5. The van der Waals surface area contributed by atoms with Gasteiger partial charge in [-0.05, 0) is 82.3 Å². The van der Waals surface area contributed by atoms with Gasteiger partial charge in [-0.15, -0.1) is 0 Å². The van der Waals surface area contributed by atoms with Crippen molar-refractivity contribution in [3.05, 3.63) is 91.0 Å². The van der Waals surface area contributed by atoms with Gasteiger partial charge in [-0.2, -0.15) is 5.26 Å². The standard InChI is InChI=1S/C25H18BrIN2O5/c1-33-22-11-16(9-18(13-28)24(30)29-20-4-2-3-19(26)12-20)10-21(27)23(22)34-14-15-5-7-17(8-6-15)25(31)32/h2-12H,14H2,1H3,(H,29,30)(H,31,32)/b18-9-. The maximum atomic E-state index is 12.6. The van der Waals surface area contributed by atoms with Gasteiger partial charge in [0.25, 0.3) is 5.91 Å². The Bertz CT molecular complexity index is 1300. The number of halogens is 2. The van der Waals surface area contributed by atoms with Crippen molar-refractivity contribution in [3.8, 4) is 17.6 Å². The molecule has 0 atom stereocenters. The van der Waals surface area contributed by atoms with Gasteiger partial charge in [-0.1, -0.05) is 34.1 Å². The molecule has 3 aromatic carbocycles. The van der Waals surface area contributed by atoms with Crippen molar-refractivity contribution in [2.75, 3.05) is 12.4 Å². The van der Waals surface area contributed by atoms with Gasteiger partial charge in [-0.25, -0.2) is 4.79 Å². The second kappa shape index (κ2) is 11.7. The van der Waals surface area contributed by atoms with Crippen molar-refractivity contribution >= 4 is 62.2 Å². The molecule has 0 saturated heterocycles. The fourth-order valence-corrected chi connectivity index (χ4v) is 4.12. The Morgan fingerprint density at radius 2 is 1.91 bits per heavy atom. The number of anilines is 1. The molecule has 0 bridgehead atoms. The smallest absolute Gasteiger partial charge is 0.335 e. The van der Waals surface area contributed by atoms with E-state index in [1.165, 1.54) is 25.3 Å². The molecule has 0 aliphatic carbocycles. The summed E-state index contributed by atoms with van der Waals surface area (Å²) >= 11 is 5.44. The molecule has 3 rings (SSSR count). The van der Waals surface area contributed by atoms with Gasteiger partial charge in [0.2, 0.25) is 0 Å². The molecule has 0 saturated carbocycles. The summed E-state index contributed by atoms with van der Waals surface area (Å²) in [7, 11) is 1.50. The van der Waals surface area contributed by atoms with E-state index in [4.69, 9.17) is 14.6 Å². The van der Waals surface area contributed by atoms with E-state index in [2.05, 4.69) is 43.8 Å². The van der Waals surface area contributed by atoms with Crippen LogP contribution in [0, 0.1) is 14.9 Å². The topological polar surface area (TPSA) is 109 Å². The van der Waals surface area contributed by atoms with Crippen LogP contribution in [-0.4, -0.2) is 24.1 Å². The van der Waals surface area contributed by atoms with E-state index in [0.29, 0.717) is 22.7 Å². The van der Waals surface area contributed by atoms with Gasteiger partial charge in [0.1, 0.15) is 18.2 Å². The number of aromatic carboxylic acids is 1. The first-order valence-corrected chi connectivity index (χ1v) is 11.7. The van der Waals surface area contributed by atoms with E-state index < -0.39 is 11.9 Å². The summed E-state index contributed by atoms with van der Waals surface area (Å²) in [5, 5.41) is 21.2. The predicted octanol–water partition coefficient (Wildman–Crippen LogP) is 5.89. The van der Waals surface area contributed by atoms with E-state index in [1.54, 1.807) is 42.5 Å². The molecule has 0 aliphatic rings. The van der Waals surface area contributed by atoms with Crippen LogP contribution in [0.15, 0.2) is 70.7 Å². The number of rotatable bonds is 8. The molecule has 0 spiro atoms. The van der Waals surface area contributed by atoms with Crippen molar-refractivity contribution in [3.63, 3.8) is 0 Å². The van der Waals surface area contributed by atoms with Gasteiger partial charge in [0.15, 0.2) is 11.5 Å². The Morgan fingerprint density at radius 1 is 1.18 bits per heavy atom. The summed E-state index contributed by atoms with van der Waals surface area (Å²) in [6.45, 7) is 0.208. The molecule has 0 heterocycles. The van der Waals surface area contributed by atoms with Crippen LogP contribution in [0.1, 0.15) is 21.5 Å². The number of carbonyl (C=O) groups is 2. The van der Waals surface area contributed by atoms with Crippen molar-refractivity contribution < 1.29 is 24.2 Å². The van der Waals surface area contributed by atoms with Gasteiger partial charge in [-0.3, -0.25) is 4.79 Å². The quantitative estimate of drug-likeness (QED) is 0.182. The van der Waals surface area contributed by atoms with Gasteiger partial charge in [0, 0.05) is 10.2 Å². The first kappa shape index (κ1) is 25.3. The highest BCUT2D eigenvalue weighted by Crippen LogP contribution is 2.35. The van der Waals surface area contributed by atoms with Crippen molar-refractivity contribution in [1.29, 1.82) is 5.26 Å². The maximum absolute atomic E-state index is 12.6. The van der Waals surface area contributed by atoms with Crippen LogP contribution >= 0.6 is 38.5 Å². The summed E-state index contributed by atoms with van der Waals surface area (Å²) in [6, 6.07) is 18.9. The molecule has 34 heavy (non-hydrogen) atoms. The summed E-state index contributed by atoms with van der Waals surface area (Å²) < 4.78 is 12.9. The number of benzene rings is 3. The number of nitrogens with zero attached hydrogens (tertiary/aromatic N) is 1. The maximum Gasteiger partial charge on any atom is 0.335 e. The molecular formula is C25H18BrIN2O5. The van der Waals surface area contributed by atoms with Crippen molar-refractivity contribution in [1.82, 2.24) is 0 Å². The highest BCUT2D eigenvalue weighted by atomic mass is 127. The number of hydrogen-bond donors (Lipinski definition) is 2. The third kappa shape index (κ3) is 6.59. The zero-order valence-corrected chi connectivity index (χ0v) is 21.6. The van der Waals surface area contributed by atoms with E-state index in [1.807, 2.05) is 12.1 Å². The Kier molecular flexibility index (Phi) is 8.67. The van der Waals surface area contributed by atoms with Crippen molar-refractivity contribution in [2.24, 2.45) is 0 Å². The number of carbonyl (C=O) groups excluding carboxylic acids is 1. The minimum atomic E-state index is -0.991. The molecule has 0 aliphatic heterocycles. The summed E-state index contributed by atoms with van der Waals surface area (Å²) in [4.78, 5) is 23.6. The van der Waals surface area contributed by atoms with Crippen LogP contribution in [0.5, 0.6) is 11.5 Å². The lowest BCUT2D eigenvalue weighted by Crippen LogP contribution is -2.13. The Morgan fingerprint density at radius 3 is 2.53 bits per heavy atom. The largest absolute Gasteiger partial charge is 0.493 e. The summed E-state index contributed by atoms with van der Waals surface area (Å²) in [5.74, 6) is -0.584. The molecule has 2 N–H and O–H groups in total. The summed E-state index contributed by atoms with van der Waals surface area (Å²) in [6.07, 6.45) is 1.48. The number of methoxy groups -OCH3 is 1. The number of amides is 1. The van der Waals surface area contributed by atoms with E-state index >= 15 is 0 Å². The molecule has 0 fully saturated rings. The third-order valence-corrected chi connectivity index (χ3v) is 5.89. The molecule has 7 nitrogen and oxygen atoms in total. The van der Waals surface area contributed by atoms with Crippen LogP contribution in [0.4, 0.5) is 5.69 Å². The van der Waals surface area contributed by atoms with Gasteiger partial charge >= 0.3 is 5.97 Å². The summed E-state index contributed by atoms with van der Waals surface area (Å²) in [5.41, 5.74) is 2.09. The van der Waals surface area contributed by atoms with Crippen LogP contribution in [0.2, 0.25) is 0 Å². The molecule has 1 amide bonds. The lowest BCUT2D eigenvalue weighted by atomic mass is 10.1. The highest BCUT2D eigenvalue weighted by molar-refractivity contribution is 14.1. The fourth-order valence-electron chi connectivity index (χ4n) is 2.94. The van der Waals surface area contributed by atoms with E-state index in [9.17, 15) is 14.9 Å². The van der Waals surface area contributed by atoms with Crippen LogP contribution in [0.3, 0.4) is 0 Å². The Labute approximate surface area is 218 Å². The Hall–Kier alpha value is -3.36. The first-order valence-electron chi connectivity index (χ1n) is 9.82. The van der Waals surface area contributed by atoms with Crippen LogP contribution < -0.4 is 14.8 Å². The molecule has 3 aromatic rings. The average Bonchev–Trinajstić information content (AvgIpc) is 2.81. The molecule has 0 aromatic heterocycles. The predicted molar refractivity (Wildman–Crippen MR) is 140 cm³/mol. The normalized spacial score (nSPS) is 10.8. The SMILES string of the molecule is COc1cc(/C=C(/C#N)C(=O)Nc2cccc(Br)c2)cc(I)c1OCc1ccc(C(=O)O)cc1. The lowest BCUT2D eigenvalue weighted by molar-refractivity contribution is -0.112. The second-order valence-electron chi connectivity index (χ2n) is 6.96. The zero-order valence-electron chi connectivity index (χ0n) is 17.8. The molecule has 9 heteroatoms. The van der Waals surface area contributed by atoms with E-state index in [0.717, 1.165) is 13.6 Å². The number of nitrogens with one attached hydrogen (secondary N) is 1. The molecular weight excluding hydrogens is 615 g/mol. The molecule has 0 radical (unpaired) electrons. The van der Waals surface area contributed by atoms with Gasteiger partial charge in [0.05, 0.1) is 16.2 Å². The minimum Gasteiger partial charge on any atom is -0.493 e. The molecule has 172 valence electrons. The second-order valence-corrected chi connectivity index (χ2v) is 9.04. The molecule has 0 unspecified atom stereocenters. The van der Waals surface area contributed by atoms with E-state index in [-0.39, 0.29) is 17.7 Å². The van der Waals surface area contributed by atoms with Crippen LogP contribution in [-0.2, 0) is 11.4 Å². The lowest BCUT2D eigenvalue weighted by Gasteiger charge is -2.14. The van der Waals surface area contributed by atoms with Crippen molar-refractivity contribution in [2.45, 2.75) is 6.61 Å². The number of carboxylic acids is 1. The number of nitriles is 1. The number of ether oxygens (including phenoxy) is 2. The third-order valence-electron chi connectivity index (χ3n) is 4.59. The Balaban J connectivity index is 1.79. The van der Waals surface area contributed by atoms with Crippen LogP contribution in [0.25, 0.3) is 6.08 Å².